The Kier molecular flexibility index (Phi) is 4.23. The van der Waals surface area contributed by atoms with Gasteiger partial charge in [-0.15, -0.1) is 0 Å². The molecule has 0 radical (unpaired) electrons. The summed E-state index contributed by atoms with van der Waals surface area (Å²) in [6.07, 6.45) is 0.313. The first kappa shape index (κ1) is 14.3. The van der Waals surface area contributed by atoms with Gasteiger partial charge >= 0.3 is 5.97 Å². The molecule has 0 saturated heterocycles. The van der Waals surface area contributed by atoms with Crippen molar-refractivity contribution in [2.45, 2.75) is 33.3 Å². The van der Waals surface area contributed by atoms with Crippen LogP contribution in [0, 0.1) is 6.92 Å². The lowest BCUT2D eigenvalue weighted by Gasteiger charge is -2.14. The van der Waals surface area contributed by atoms with Crippen LogP contribution >= 0.6 is 0 Å². The minimum atomic E-state index is -0.257. The van der Waals surface area contributed by atoms with Crippen molar-refractivity contribution in [2.24, 2.45) is 0 Å². The molecule has 0 fully saturated rings. The Morgan fingerprint density at radius 1 is 1.35 bits per heavy atom. The molecular weight excluding hydrogens is 254 g/mol. The number of carbonyl (C=O) groups is 1. The van der Waals surface area contributed by atoms with Gasteiger partial charge in [-0.25, -0.2) is 4.98 Å². The van der Waals surface area contributed by atoms with Crippen molar-refractivity contribution < 1.29 is 14.3 Å². The zero-order valence-electron chi connectivity index (χ0n) is 12.3. The van der Waals surface area contributed by atoms with Crippen LogP contribution < -0.4 is 4.74 Å². The van der Waals surface area contributed by atoms with Gasteiger partial charge in [-0.3, -0.25) is 4.79 Å². The first-order valence-electron chi connectivity index (χ1n) is 6.64. The van der Waals surface area contributed by atoms with E-state index in [4.69, 9.17) is 9.47 Å². The van der Waals surface area contributed by atoms with Gasteiger partial charge in [0.2, 0.25) is 0 Å². The van der Waals surface area contributed by atoms with E-state index >= 15 is 0 Å². The molecule has 20 heavy (non-hydrogen) atoms. The summed E-state index contributed by atoms with van der Waals surface area (Å²) in [6.45, 7) is 5.86. The number of methoxy groups -OCH3 is 1. The molecule has 2 aromatic rings. The highest BCUT2D eigenvalue weighted by molar-refractivity contribution is 5.90. The quantitative estimate of drug-likeness (QED) is 0.803. The predicted octanol–water partition coefficient (Wildman–Crippen LogP) is 3.05. The zero-order valence-corrected chi connectivity index (χ0v) is 12.3. The van der Waals surface area contributed by atoms with Gasteiger partial charge in [0.15, 0.2) is 0 Å². The summed E-state index contributed by atoms with van der Waals surface area (Å²) in [5, 5.41) is 0.930. The Hall–Kier alpha value is -2.10. The zero-order chi connectivity index (χ0) is 14.7. The average molecular weight is 273 g/mol. The van der Waals surface area contributed by atoms with Crippen molar-refractivity contribution in [1.82, 2.24) is 4.98 Å². The Morgan fingerprint density at radius 3 is 2.75 bits per heavy atom. The third-order valence-corrected chi connectivity index (χ3v) is 2.94. The SMILES string of the molecule is COC(=O)Cc1cc(C)nc2c(OC(C)C)cccc12. The molecule has 0 atom stereocenters. The number of carbonyl (C=O) groups excluding carboxylic acids is 1. The molecule has 4 nitrogen and oxygen atoms in total. The second-order valence-electron chi connectivity index (χ2n) is 4.99. The maximum atomic E-state index is 11.5. The Morgan fingerprint density at radius 2 is 2.10 bits per heavy atom. The number of benzene rings is 1. The topological polar surface area (TPSA) is 48.4 Å². The lowest BCUT2D eigenvalue weighted by atomic mass is 10.0. The number of aryl methyl sites for hydroxylation is 1. The summed E-state index contributed by atoms with van der Waals surface area (Å²) in [4.78, 5) is 16.1. The van der Waals surface area contributed by atoms with Gasteiger partial charge in [0.05, 0.1) is 19.6 Å². The molecule has 0 aliphatic rings. The van der Waals surface area contributed by atoms with Crippen molar-refractivity contribution >= 4 is 16.9 Å². The number of rotatable bonds is 4. The molecule has 0 bridgehead atoms. The highest BCUT2D eigenvalue weighted by Gasteiger charge is 2.12. The summed E-state index contributed by atoms with van der Waals surface area (Å²) in [7, 11) is 1.39. The summed E-state index contributed by atoms with van der Waals surface area (Å²) in [5.41, 5.74) is 2.56. The number of pyridine rings is 1. The summed E-state index contributed by atoms with van der Waals surface area (Å²) >= 11 is 0. The molecule has 4 heteroatoms. The van der Waals surface area contributed by atoms with E-state index < -0.39 is 0 Å². The monoisotopic (exact) mass is 273 g/mol. The van der Waals surface area contributed by atoms with E-state index in [-0.39, 0.29) is 18.5 Å². The predicted molar refractivity (Wildman–Crippen MR) is 78.0 cm³/mol. The van der Waals surface area contributed by atoms with Crippen molar-refractivity contribution in [3.63, 3.8) is 0 Å². The number of para-hydroxylation sites is 1. The molecule has 0 aliphatic heterocycles. The highest BCUT2D eigenvalue weighted by Crippen LogP contribution is 2.28. The molecule has 1 heterocycles. The molecule has 0 N–H and O–H groups in total. The number of hydrogen-bond acceptors (Lipinski definition) is 4. The van der Waals surface area contributed by atoms with E-state index in [0.29, 0.717) is 0 Å². The smallest absolute Gasteiger partial charge is 0.310 e. The van der Waals surface area contributed by atoms with Crippen molar-refractivity contribution in [2.75, 3.05) is 7.11 Å². The summed E-state index contributed by atoms with van der Waals surface area (Å²) in [6, 6.07) is 7.68. The number of hydrogen-bond donors (Lipinski definition) is 0. The number of aromatic nitrogens is 1. The van der Waals surface area contributed by atoms with E-state index in [9.17, 15) is 4.79 Å². The molecule has 0 aliphatic carbocycles. The Labute approximate surface area is 118 Å². The number of esters is 1. The van der Waals surface area contributed by atoms with Crippen LogP contribution in [0.25, 0.3) is 10.9 Å². The molecule has 2 rings (SSSR count). The second kappa shape index (κ2) is 5.90. The number of fused-ring (bicyclic) bond motifs is 1. The lowest BCUT2D eigenvalue weighted by molar-refractivity contribution is -0.139. The van der Waals surface area contributed by atoms with E-state index in [1.54, 1.807) is 0 Å². The summed E-state index contributed by atoms with van der Waals surface area (Å²) in [5.74, 6) is 0.486. The third kappa shape index (κ3) is 3.07. The minimum Gasteiger partial charge on any atom is -0.489 e. The van der Waals surface area contributed by atoms with Gasteiger partial charge in [0.25, 0.3) is 0 Å². The van der Waals surface area contributed by atoms with Crippen molar-refractivity contribution in [3.05, 3.63) is 35.5 Å². The number of nitrogens with zero attached hydrogens (tertiary/aromatic N) is 1. The lowest BCUT2D eigenvalue weighted by Crippen LogP contribution is -2.08. The minimum absolute atomic E-state index is 0.0759. The average Bonchev–Trinajstić information content (AvgIpc) is 2.39. The Bertz CT molecular complexity index is 635. The van der Waals surface area contributed by atoms with Crippen LogP contribution in [0.1, 0.15) is 25.1 Å². The maximum Gasteiger partial charge on any atom is 0.310 e. The van der Waals surface area contributed by atoms with Gasteiger partial charge in [-0.05, 0) is 38.5 Å². The first-order chi connectivity index (χ1) is 9.51. The van der Waals surface area contributed by atoms with Crippen LogP contribution in [-0.4, -0.2) is 24.2 Å². The fourth-order valence-electron chi connectivity index (χ4n) is 2.16. The van der Waals surface area contributed by atoms with Crippen LogP contribution in [0.5, 0.6) is 5.75 Å². The van der Waals surface area contributed by atoms with E-state index in [0.717, 1.165) is 27.9 Å². The Balaban J connectivity index is 2.56. The van der Waals surface area contributed by atoms with Crippen molar-refractivity contribution in [3.8, 4) is 5.75 Å². The normalized spacial score (nSPS) is 10.8. The van der Waals surface area contributed by atoms with E-state index in [1.807, 2.05) is 45.0 Å². The van der Waals surface area contributed by atoms with Crippen LogP contribution in [0.2, 0.25) is 0 Å². The molecule has 1 aromatic carbocycles. The highest BCUT2D eigenvalue weighted by atomic mass is 16.5. The van der Waals surface area contributed by atoms with Crippen LogP contribution in [-0.2, 0) is 16.0 Å². The van der Waals surface area contributed by atoms with E-state index in [1.165, 1.54) is 7.11 Å². The number of ether oxygens (including phenoxy) is 2. The van der Waals surface area contributed by atoms with Gasteiger partial charge in [-0.1, -0.05) is 12.1 Å². The molecule has 0 amide bonds. The van der Waals surface area contributed by atoms with Crippen LogP contribution in [0.3, 0.4) is 0 Å². The molecule has 0 unspecified atom stereocenters. The van der Waals surface area contributed by atoms with Crippen molar-refractivity contribution in [1.29, 1.82) is 0 Å². The molecule has 0 spiro atoms. The molecular formula is C16H19NO3. The summed E-state index contributed by atoms with van der Waals surface area (Å²) < 4.78 is 10.5. The van der Waals surface area contributed by atoms with E-state index in [2.05, 4.69) is 4.98 Å². The maximum absolute atomic E-state index is 11.5. The molecule has 1 aromatic heterocycles. The standard InChI is InChI=1S/C16H19NO3/c1-10(2)20-14-7-5-6-13-12(9-15(18)19-4)8-11(3)17-16(13)14/h5-8,10H,9H2,1-4H3. The fourth-order valence-corrected chi connectivity index (χ4v) is 2.16. The molecule has 0 saturated carbocycles. The fraction of sp³-hybridized carbons (Fsp3) is 0.375. The third-order valence-electron chi connectivity index (χ3n) is 2.94. The first-order valence-corrected chi connectivity index (χ1v) is 6.64. The van der Waals surface area contributed by atoms with Crippen LogP contribution in [0.4, 0.5) is 0 Å². The van der Waals surface area contributed by atoms with Gasteiger partial charge in [0, 0.05) is 11.1 Å². The van der Waals surface area contributed by atoms with Gasteiger partial charge < -0.3 is 9.47 Å². The molecule has 106 valence electrons. The van der Waals surface area contributed by atoms with Crippen LogP contribution in [0.15, 0.2) is 24.3 Å². The second-order valence-corrected chi connectivity index (χ2v) is 4.99. The van der Waals surface area contributed by atoms with Gasteiger partial charge in [0.1, 0.15) is 11.3 Å². The van der Waals surface area contributed by atoms with Gasteiger partial charge in [-0.2, -0.15) is 0 Å². The largest absolute Gasteiger partial charge is 0.489 e.